The fourth-order valence-electron chi connectivity index (χ4n) is 2.46. The standard InChI is InChI=1S/C17H24N2O5/c1-2-3-5-10-16(21)19(12-18(24)13-20)15(11-17(22)23)14-8-6-4-7-9-14/h4,6-9,13,15,24H,2-3,5,10-12H2,1H3,(H,22,23). The molecule has 0 bridgehead atoms. The van der Waals surface area contributed by atoms with Gasteiger partial charge in [0.05, 0.1) is 12.5 Å². The molecule has 0 saturated carbocycles. The molecule has 1 atom stereocenters. The number of carboxylic acid groups (broad SMARTS) is 1. The Morgan fingerprint density at radius 1 is 1.21 bits per heavy atom. The van der Waals surface area contributed by atoms with Crippen LogP contribution in [0.25, 0.3) is 0 Å². The summed E-state index contributed by atoms with van der Waals surface area (Å²) in [6.07, 6.45) is 2.62. The molecule has 1 rings (SSSR count). The van der Waals surface area contributed by atoms with Gasteiger partial charge in [-0.3, -0.25) is 19.6 Å². The number of carbonyl (C=O) groups is 3. The highest BCUT2D eigenvalue weighted by Gasteiger charge is 2.28. The van der Waals surface area contributed by atoms with Crippen LogP contribution in [-0.2, 0) is 14.4 Å². The monoisotopic (exact) mass is 336 g/mol. The molecule has 0 heterocycles. The van der Waals surface area contributed by atoms with Crippen molar-refractivity contribution in [1.29, 1.82) is 0 Å². The van der Waals surface area contributed by atoms with E-state index >= 15 is 0 Å². The van der Waals surface area contributed by atoms with Crippen LogP contribution in [-0.4, -0.2) is 45.2 Å². The number of carbonyl (C=O) groups excluding carboxylic acids is 2. The van der Waals surface area contributed by atoms with E-state index in [-0.39, 0.29) is 31.8 Å². The maximum Gasteiger partial charge on any atom is 0.305 e. The Morgan fingerprint density at radius 3 is 2.42 bits per heavy atom. The quantitative estimate of drug-likeness (QED) is 0.213. The second kappa shape index (κ2) is 10.4. The molecule has 2 amide bonds. The molecule has 132 valence electrons. The van der Waals surface area contributed by atoms with Crippen molar-refractivity contribution in [2.75, 3.05) is 6.67 Å². The molecular formula is C17H24N2O5. The molecule has 0 aliphatic rings. The first kappa shape index (κ1) is 19.6. The molecule has 0 aromatic heterocycles. The van der Waals surface area contributed by atoms with Crippen molar-refractivity contribution in [3.8, 4) is 0 Å². The van der Waals surface area contributed by atoms with Crippen LogP contribution in [0.3, 0.4) is 0 Å². The number of hydrogen-bond acceptors (Lipinski definition) is 4. The summed E-state index contributed by atoms with van der Waals surface area (Å²) in [5.41, 5.74) is 0.642. The molecule has 24 heavy (non-hydrogen) atoms. The Hall–Kier alpha value is -2.41. The Morgan fingerprint density at radius 2 is 1.88 bits per heavy atom. The highest BCUT2D eigenvalue weighted by atomic mass is 16.5. The Balaban J connectivity index is 3.06. The number of amides is 2. The Kier molecular flexibility index (Phi) is 8.49. The predicted molar refractivity (Wildman–Crippen MR) is 87.0 cm³/mol. The summed E-state index contributed by atoms with van der Waals surface area (Å²) in [6.45, 7) is 1.64. The zero-order valence-corrected chi connectivity index (χ0v) is 13.8. The van der Waals surface area contributed by atoms with E-state index in [1.165, 1.54) is 4.90 Å². The van der Waals surface area contributed by atoms with E-state index in [4.69, 9.17) is 0 Å². The average molecular weight is 336 g/mol. The van der Waals surface area contributed by atoms with E-state index < -0.39 is 12.0 Å². The predicted octanol–water partition coefficient (Wildman–Crippen LogP) is 2.42. The maximum atomic E-state index is 12.5. The Bertz CT molecular complexity index is 535. The smallest absolute Gasteiger partial charge is 0.305 e. The van der Waals surface area contributed by atoms with Gasteiger partial charge < -0.3 is 10.0 Å². The van der Waals surface area contributed by atoms with E-state index in [0.29, 0.717) is 17.0 Å². The van der Waals surface area contributed by atoms with Crippen LogP contribution in [0.15, 0.2) is 30.3 Å². The van der Waals surface area contributed by atoms with Crippen LogP contribution < -0.4 is 0 Å². The minimum atomic E-state index is -1.06. The third kappa shape index (κ3) is 6.37. The van der Waals surface area contributed by atoms with Gasteiger partial charge in [0.1, 0.15) is 6.67 Å². The number of aliphatic carboxylic acids is 1. The lowest BCUT2D eigenvalue weighted by atomic mass is 10.0. The van der Waals surface area contributed by atoms with Gasteiger partial charge in [0.15, 0.2) is 0 Å². The summed E-state index contributed by atoms with van der Waals surface area (Å²) in [5, 5.41) is 19.0. The first-order valence-electron chi connectivity index (χ1n) is 7.96. The van der Waals surface area contributed by atoms with Crippen molar-refractivity contribution >= 4 is 18.3 Å². The Labute approximate surface area is 141 Å². The molecule has 7 heteroatoms. The number of unbranched alkanes of at least 4 members (excludes halogenated alkanes) is 2. The highest BCUT2D eigenvalue weighted by molar-refractivity contribution is 5.78. The van der Waals surface area contributed by atoms with E-state index in [9.17, 15) is 24.7 Å². The van der Waals surface area contributed by atoms with E-state index in [1.807, 2.05) is 6.92 Å². The van der Waals surface area contributed by atoms with Gasteiger partial charge in [-0.15, -0.1) is 0 Å². The van der Waals surface area contributed by atoms with Crippen molar-refractivity contribution in [1.82, 2.24) is 9.96 Å². The van der Waals surface area contributed by atoms with Crippen molar-refractivity contribution in [2.24, 2.45) is 0 Å². The summed E-state index contributed by atoms with van der Waals surface area (Å²) in [4.78, 5) is 35.8. The van der Waals surface area contributed by atoms with Gasteiger partial charge in [0, 0.05) is 6.42 Å². The lowest BCUT2D eigenvalue weighted by molar-refractivity contribution is -0.168. The second-order valence-corrected chi connectivity index (χ2v) is 5.53. The third-order valence-corrected chi connectivity index (χ3v) is 3.66. The number of nitrogens with zero attached hydrogens (tertiary/aromatic N) is 2. The fraction of sp³-hybridized carbons (Fsp3) is 0.471. The van der Waals surface area contributed by atoms with Crippen molar-refractivity contribution < 1.29 is 24.7 Å². The summed E-state index contributed by atoms with van der Waals surface area (Å²) < 4.78 is 0. The van der Waals surface area contributed by atoms with Gasteiger partial charge in [0.25, 0.3) is 0 Å². The summed E-state index contributed by atoms with van der Waals surface area (Å²) >= 11 is 0. The van der Waals surface area contributed by atoms with Crippen LogP contribution in [0.5, 0.6) is 0 Å². The minimum absolute atomic E-state index is 0.190. The molecule has 1 unspecified atom stereocenters. The summed E-state index contributed by atoms with van der Waals surface area (Å²) in [6, 6.07) is 7.98. The normalized spacial score (nSPS) is 11.6. The average Bonchev–Trinajstić information content (AvgIpc) is 2.58. The molecular weight excluding hydrogens is 312 g/mol. The molecule has 0 spiro atoms. The lowest BCUT2D eigenvalue weighted by Crippen LogP contribution is -2.42. The van der Waals surface area contributed by atoms with Gasteiger partial charge in [-0.25, -0.2) is 5.06 Å². The van der Waals surface area contributed by atoms with E-state index in [1.54, 1.807) is 30.3 Å². The van der Waals surface area contributed by atoms with Crippen molar-refractivity contribution in [3.63, 3.8) is 0 Å². The lowest BCUT2D eigenvalue weighted by Gasteiger charge is -2.32. The molecule has 7 nitrogen and oxygen atoms in total. The molecule has 0 fully saturated rings. The SMILES string of the molecule is CCCCCC(=O)N(CN(O)C=O)C(CC(=O)O)c1ccccc1. The topological polar surface area (TPSA) is 98.2 Å². The fourth-order valence-corrected chi connectivity index (χ4v) is 2.46. The first-order valence-corrected chi connectivity index (χ1v) is 7.96. The molecule has 0 aliphatic heterocycles. The minimum Gasteiger partial charge on any atom is -0.481 e. The van der Waals surface area contributed by atoms with Gasteiger partial charge in [-0.2, -0.15) is 0 Å². The van der Waals surface area contributed by atoms with Crippen LogP contribution in [0.2, 0.25) is 0 Å². The van der Waals surface area contributed by atoms with Gasteiger partial charge >= 0.3 is 5.97 Å². The molecule has 2 N–H and O–H groups in total. The first-order chi connectivity index (χ1) is 11.5. The van der Waals surface area contributed by atoms with Gasteiger partial charge in [-0.05, 0) is 12.0 Å². The van der Waals surface area contributed by atoms with Gasteiger partial charge in [0.2, 0.25) is 12.3 Å². The number of rotatable bonds is 11. The van der Waals surface area contributed by atoms with Gasteiger partial charge in [-0.1, -0.05) is 50.1 Å². The van der Waals surface area contributed by atoms with Crippen LogP contribution in [0.4, 0.5) is 0 Å². The maximum absolute atomic E-state index is 12.5. The zero-order chi connectivity index (χ0) is 17.9. The number of hydrogen-bond donors (Lipinski definition) is 2. The van der Waals surface area contributed by atoms with Crippen LogP contribution in [0, 0.1) is 0 Å². The number of benzene rings is 1. The molecule has 0 saturated heterocycles. The van der Waals surface area contributed by atoms with Crippen LogP contribution >= 0.6 is 0 Å². The second-order valence-electron chi connectivity index (χ2n) is 5.53. The molecule has 1 aromatic carbocycles. The zero-order valence-electron chi connectivity index (χ0n) is 13.8. The number of carboxylic acids is 1. The number of hydroxylamine groups is 2. The van der Waals surface area contributed by atoms with E-state index in [0.717, 1.165) is 12.8 Å². The third-order valence-electron chi connectivity index (χ3n) is 3.66. The van der Waals surface area contributed by atoms with Crippen LogP contribution in [0.1, 0.15) is 50.6 Å². The summed E-state index contributed by atoms with van der Waals surface area (Å²) in [7, 11) is 0. The highest BCUT2D eigenvalue weighted by Crippen LogP contribution is 2.25. The molecule has 0 radical (unpaired) electrons. The largest absolute Gasteiger partial charge is 0.481 e. The van der Waals surface area contributed by atoms with E-state index in [2.05, 4.69) is 0 Å². The molecule has 1 aromatic rings. The van der Waals surface area contributed by atoms with Crippen molar-refractivity contribution in [2.45, 2.75) is 45.1 Å². The molecule has 0 aliphatic carbocycles. The van der Waals surface area contributed by atoms with Crippen molar-refractivity contribution in [3.05, 3.63) is 35.9 Å². The summed E-state index contributed by atoms with van der Waals surface area (Å²) in [5.74, 6) is -1.36.